The van der Waals surface area contributed by atoms with Crippen molar-refractivity contribution in [1.82, 2.24) is 0 Å². The molecule has 0 amide bonds. The fraction of sp³-hybridized carbons (Fsp3) is 0.562. The topological polar surface area (TPSA) is 50.8 Å². The van der Waals surface area contributed by atoms with Crippen LogP contribution in [0.2, 0.25) is 0 Å². The number of benzene rings is 1. The number of hydrogen-bond donors (Lipinski definition) is 0. The average molecular weight is 311 g/mol. The lowest BCUT2D eigenvalue weighted by molar-refractivity contribution is -0.195. The second kappa shape index (κ2) is 8.26. The minimum Gasteiger partial charge on any atom is -0.830 e. The minimum absolute atomic E-state index is 0.00630. The van der Waals surface area contributed by atoms with Crippen LogP contribution in [0.4, 0.5) is 0 Å². The molecule has 118 valence electrons. The standard InChI is InChI=1S/C16H25O4P/c1-10(2)18-13-7-14(19-11(3)4)16(21-9-17)15(8-13)20-12(5)6/h7-12,17H,1-6H3/p-1. The van der Waals surface area contributed by atoms with E-state index in [-0.39, 0.29) is 18.3 Å². The summed E-state index contributed by atoms with van der Waals surface area (Å²) in [5.74, 6) is 2.78. The Morgan fingerprint density at radius 3 is 1.62 bits per heavy atom. The van der Waals surface area contributed by atoms with Gasteiger partial charge in [-0.25, -0.2) is 0 Å². The predicted molar refractivity (Wildman–Crippen MR) is 86.4 cm³/mol. The van der Waals surface area contributed by atoms with Crippen LogP contribution in [0.25, 0.3) is 0 Å². The molecule has 0 aromatic heterocycles. The molecule has 5 heteroatoms. The van der Waals surface area contributed by atoms with Crippen molar-refractivity contribution in [1.29, 1.82) is 0 Å². The SMILES string of the molecule is CC(C)Oc1cc(OC(C)C)c(P=C[O-])c(OC(C)C)c1. The molecule has 0 aliphatic heterocycles. The van der Waals surface area contributed by atoms with E-state index in [1.54, 1.807) is 0 Å². The second-order valence-corrected chi connectivity index (χ2v) is 6.42. The quantitative estimate of drug-likeness (QED) is 0.727. The van der Waals surface area contributed by atoms with Gasteiger partial charge >= 0.3 is 0 Å². The molecule has 0 saturated heterocycles. The molecule has 21 heavy (non-hydrogen) atoms. The lowest BCUT2D eigenvalue weighted by Crippen LogP contribution is -2.17. The number of rotatable bonds is 7. The first-order valence-electron chi connectivity index (χ1n) is 7.16. The summed E-state index contributed by atoms with van der Waals surface area (Å²) < 4.78 is 17.4. The molecule has 0 N–H and O–H groups in total. The summed E-state index contributed by atoms with van der Waals surface area (Å²) in [4.78, 5) is 0. The molecule has 0 aliphatic rings. The van der Waals surface area contributed by atoms with Gasteiger partial charge in [-0.1, -0.05) is 8.20 Å². The molecule has 1 aromatic rings. The monoisotopic (exact) mass is 311 g/mol. The van der Waals surface area contributed by atoms with Crippen molar-refractivity contribution in [2.75, 3.05) is 0 Å². The Morgan fingerprint density at radius 1 is 0.857 bits per heavy atom. The summed E-state index contributed by atoms with van der Waals surface area (Å²) in [6.45, 7) is 11.7. The van der Waals surface area contributed by atoms with Crippen LogP contribution in [0.5, 0.6) is 17.2 Å². The predicted octanol–water partition coefficient (Wildman–Crippen LogP) is 2.74. The normalized spacial score (nSPS) is 11.7. The Labute approximate surface area is 128 Å². The van der Waals surface area contributed by atoms with Crippen LogP contribution < -0.4 is 24.6 Å². The van der Waals surface area contributed by atoms with Gasteiger partial charge in [0, 0.05) is 12.1 Å². The zero-order valence-corrected chi connectivity index (χ0v) is 14.4. The molecule has 1 rings (SSSR count). The Kier molecular flexibility index (Phi) is 7.00. The highest BCUT2D eigenvalue weighted by Gasteiger charge is 2.15. The Hall–Kier alpha value is -1.25. The summed E-state index contributed by atoms with van der Waals surface area (Å²) in [6, 6.07) is 3.64. The van der Waals surface area contributed by atoms with Crippen molar-refractivity contribution in [3.63, 3.8) is 0 Å². The number of ether oxygens (including phenoxy) is 3. The maximum Gasteiger partial charge on any atom is 0.138 e. The number of hydrogen-bond acceptors (Lipinski definition) is 4. The van der Waals surface area contributed by atoms with E-state index < -0.39 is 0 Å². The van der Waals surface area contributed by atoms with Crippen LogP contribution in [0.3, 0.4) is 0 Å². The van der Waals surface area contributed by atoms with Crippen LogP contribution in [-0.4, -0.2) is 24.3 Å². The summed E-state index contributed by atoms with van der Waals surface area (Å²) in [7, 11) is 0.522. The van der Waals surface area contributed by atoms with E-state index in [2.05, 4.69) is 0 Å². The third-order valence-corrected chi connectivity index (χ3v) is 3.10. The van der Waals surface area contributed by atoms with Gasteiger partial charge in [-0.15, -0.1) is 0 Å². The molecule has 4 nitrogen and oxygen atoms in total. The zero-order valence-electron chi connectivity index (χ0n) is 13.5. The minimum atomic E-state index is 0.00630. The fourth-order valence-corrected chi connectivity index (χ4v) is 2.36. The molecular formula is C16H24O4P-. The Bertz CT molecular complexity index is 450. The first-order chi connectivity index (χ1) is 9.83. The lowest BCUT2D eigenvalue weighted by Gasteiger charge is -2.20. The van der Waals surface area contributed by atoms with Crippen molar-refractivity contribution in [2.24, 2.45) is 0 Å². The zero-order chi connectivity index (χ0) is 16.0. The van der Waals surface area contributed by atoms with E-state index in [1.807, 2.05) is 53.7 Å². The summed E-state index contributed by atoms with van der Waals surface area (Å²) >= 11 is 0. The molecule has 0 radical (unpaired) electrons. The van der Waals surface area contributed by atoms with Gasteiger partial charge in [0.15, 0.2) is 0 Å². The fourth-order valence-electron chi connectivity index (χ4n) is 1.77. The molecule has 0 unspecified atom stereocenters. The van der Waals surface area contributed by atoms with Gasteiger partial charge in [0.2, 0.25) is 0 Å². The first kappa shape index (κ1) is 17.8. The van der Waals surface area contributed by atoms with Gasteiger partial charge < -0.3 is 19.3 Å². The van der Waals surface area contributed by atoms with Crippen molar-refractivity contribution in [3.8, 4) is 17.2 Å². The van der Waals surface area contributed by atoms with Crippen LogP contribution >= 0.6 is 8.20 Å². The lowest BCUT2D eigenvalue weighted by atomic mass is 10.2. The maximum atomic E-state index is 11.0. The maximum absolute atomic E-state index is 11.0. The van der Waals surface area contributed by atoms with Gasteiger partial charge in [0.1, 0.15) is 17.2 Å². The van der Waals surface area contributed by atoms with E-state index in [4.69, 9.17) is 14.2 Å². The Balaban J connectivity index is 3.33. The van der Waals surface area contributed by atoms with Gasteiger partial charge in [0.05, 0.1) is 23.6 Å². The third-order valence-electron chi connectivity index (χ3n) is 2.29. The van der Waals surface area contributed by atoms with Gasteiger partial charge in [-0.2, -0.15) is 5.98 Å². The van der Waals surface area contributed by atoms with E-state index in [0.717, 1.165) is 11.3 Å². The van der Waals surface area contributed by atoms with Gasteiger partial charge in [0.25, 0.3) is 0 Å². The van der Waals surface area contributed by atoms with E-state index in [9.17, 15) is 5.11 Å². The second-order valence-electron chi connectivity index (χ2n) is 5.50. The molecule has 0 fully saturated rings. The van der Waals surface area contributed by atoms with Gasteiger partial charge in [-0.05, 0) is 41.5 Å². The van der Waals surface area contributed by atoms with Crippen molar-refractivity contribution in [3.05, 3.63) is 12.1 Å². The summed E-state index contributed by atoms with van der Waals surface area (Å²) in [5.41, 5.74) is 0. The van der Waals surface area contributed by atoms with E-state index in [1.165, 1.54) is 0 Å². The molecule has 0 saturated carbocycles. The van der Waals surface area contributed by atoms with Gasteiger partial charge in [-0.3, -0.25) is 0 Å². The smallest absolute Gasteiger partial charge is 0.138 e. The summed E-state index contributed by atoms with van der Waals surface area (Å²) in [5, 5.41) is 11.7. The highest BCUT2D eigenvalue weighted by Crippen LogP contribution is 2.31. The first-order valence-corrected chi connectivity index (χ1v) is 8.12. The molecular weight excluding hydrogens is 287 g/mol. The molecule has 0 atom stereocenters. The Morgan fingerprint density at radius 2 is 1.29 bits per heavy atom. The molecule has 0 aliphatic carbocycles. The molecule has 0 heterocycles. The molecule has 0 spiro atoms. The van der Waals surface area contributed by atoms with Crippen LogP contribution in [0.15, 0.2) is 12.1 Å². The van der Waals surface area contributed by atoms with Crippen LogP contribution in [-0.2, 0) is 0 Å². The van der Waals surface area contributed by atoms with E-state index >= 15 is 0 Å². The van der Waals surface area contributed by atoms with Crippen molar-refractivity contribution >= 4 is 19.5 Å². The average Bonchev–Trinajstić information content (AvgIpc) is 2.31. The van der Waals surface area contributed by atoms with Crippen molar-refractivity contribution < 1.29 is 19.3 Å². The highest BCUT2D eigenvalue weighted by molar-refractivity contribution is 7.47. The van der Waals surface area contributed by atoms with E-state index in [0.29, 0.717) is 25.5 Å². The van der Waals surface area contributed by atoms with Crippen LogP contribution in [0.1, 0.15) is 41.5 Å². The molecule has 1 aromatic carbocycles. The largest absolute Gasteiger partial charge is 0.830 e. The molecule has 0 bridgehead atoms. The highest BCUT2D eigenvalue weighted by atomic mass is 31.1. The van der Waals surface area contributed by atoms with Crippen LogP contribution in [0, 0.1) is 0 Å². The van der Waals surface area contributed by atoms with Crippen molar-refractivity contribution in [2.45, 2.75) is 59.9 Å². The third kappa shape index (κ3) is 5.94. The summed E-state index contributed by atoms with van der Waals surface area (Å²) in [6.07, 6.45) is 0.0666.